The Kier molecular flexibility index (Phi) is 5.40. The molecule has 6 nitrogen and oxygen atoms in total. The number of rotatable bonds is 5. The van der Waals surface area contributed by atoms with Crippen LogP contribution in [0.5, 0.6) is 0 Å². The number of halogens is 1. The lowest BCUT2D eigenvalue weighted by Crippen LogP contribution is -2.40. The van der Waals surface area contributed by atoms with Crippen LogP contribution >= 0.6 is 22.9 Å². The summed E-state index contributed by atoms with van der Waals surface area (Å²) in [4.78, 5) is 14.7. The van der Waals surface area contributed by atoms with Crippen LogP contribution < -0.4 is 10.2 Å². The Morgan fingerprint density at radius 3 is 2.56 bits per heavy atom. The molecule has 0 atom stereocenters. The molecule has 27 heavy (non-hydrogen) atoms. The largest absolute Gasteiger partial charge is 0.352 e. The van der Waals surface area contributed by atoms with Gasteiger partial charge in [0.05, 0.1) is 0 Å². The van der Waals surface area contributed by atoms with Crippen LogP contribution in [-0.2, 0) is 11.3 Å². The van der Waals surface area contributed by atoms with Crippen molar-refractivity contribution in [1.29, 1.82) is 0 Å². The number of hydrogen-bond acceptors (Lipinski definition) is 5. The lowest BCUT2D eigenvalue weighted by Gasteiger charge is -2.30. The SMILES string of the molecule is O=C(NCc1ccccc1Cl)C1CCN(c2nnc(-n3cccc3)s2)CC1. The fourth-order valence-corrected chi connectivity index (χ4v) is 4.27. The van der Waals surface area contributed by atoms with Gasteiger partial charge in [0.1, 0.15) is 0 Å². The molecule has 1 aliphatic heterocycles. The summed E-state index contributed by atoms with van der Waals surface area (Å²) in [5.41, 5.74) is 0.941. The number of benzene rings is 1. The molecule has 1 N–H and O–H groups in total. The highest BCUT2D eigenvalue weighted by Crippen LogP contribution is 2.28. The summed E-state index contributed by atoms with van der Waals surface area (Å²) in [5.74, 6) is 0.125. The second kappa shape index (κ2) is 8.10. The van der Waals surface area contributed by atoms with E-state index >= 15 is 0 Å². The van der Waals surface area contributed by atoms with Crippen LogP contribution in [0.3, 0.4) is 0 Å². The first-order chi connectivity index (χ1) is 13.2. The normalized spacial score (nSPS) is 15.1. The van der Waals surface area contributed by atoms with E-state index in [1.165, 1.54) is 0 Å². The van der Waals surface area contributed by atoms with Crippen LogP contribution in [-0.4, -0.2) is 33.8 Å². The van der Waals surface area contributed by atoms with Crippen molar-refractivity contribution in [1.82, 2.24) is 20.1 Å². The Balaban J connectivity index is 1.30. The third kappa shape index (κ3) is 4.14. The van der Waals surface area contributed by atoms with Crippen LogP contribution in [0.15, 0.2) is 48.8 Å². The molecule has 1 amide bonds. The van der Waals surface area contributed by atoms with Gasteiger partial charge in [-0.15, -0.1) is 10.2 Å². The maximum atomic E-state index is 12.5. The van der Waals surface area contributed by atoms with Crippen molar-refractivity contribution in [2.24, 2.45) is 5.92 Å². The van der Waals surface area contributed by atoms with Gasteiger partial charge < -0.3 is 10.2 Å². The Labute approximate surface area is 166 Å². The highest BCUT2D eigenvalue weighted by Gasteiger charge is 2.26. The Morgan fingerprint density at radius 2 is 1.81 bits per heavy atom. The zero-order valence-corrected chi connectivity index (χ0v) is 16.3. The first-order valence-corrected chi connectivity index (χ1v) is 10.1. The Morgan fingerprint density at radius 1 is 1.11 bits per heavy atom. The smallest absolute Gasteiger partial charge is 0.223 e. The first-order valence-electron chi connectivity index (χ1n) is 8.93. The van der Waals surface area contributed by atoms with E-state index < -0.39 is 0 Å². The topological polar surface area (TPSA) is 63.1 Å². The van der Waals surface area contributed by atoms with E-state index in [9.17, 15) is 4.79 Å². The fourth-order valence-electron chi connectivity index (χ4n) is 3.20. The number of nitrogens with one attached hydrogen (secondary N) is 1. The minimum Gasteiger partial charge on any atom is -0.352 e. The van der Waals surface area contributed by atoms with E-state index in [2.05, 4.69) is 20.4 Å². The molecule has 0 radical (unpaired) electrons. The summed E-state index contributed by atoms with van der Waals surface area (Å²) in [5, 5.41) is 14.0. The quantitative estimate of drug-likeness (QED) is 0.710. The van der Waals surface area contributed by atoms with Crippen molar-refractivity contribution < 1.29 is 4.79 Å². The number of aromatic nitrogens is 3. The zero-order valence-electron chi connectivity index (χ0n) is 14.7. The molecule has 2 aromatic heterocycles. The van der Waals surface area contributed by atoms with Gasteiger partial charge >= 0.3 is 0 Å². The van der Waals surface area contributed by atoms with E-state index in [1.807, 2.05) is 53.4 Å². The van der Waals surface area contributed by atoms with Crippen LogP contribution in [0, 0.1) is 5.92 Å². The molecular formula is C19H20ClN5OS. The van der Waals surface area contributed by atoms with Crippen molar-refractivity contribution in [2.45, 2.75) is 19.4 Å². The highest BCUT2D eigenvalue weighted by atomic mass is 35.5. The van der Waals surface area contributed by atoms with Crippen LogP contribution in [0.25, 0.3) is 5.13 Å². The molecule has 1 saturated heterocycles. The van der Waals surface area contributed by atoms with Gasteiger partial charge in [-0.25, -0.2) is 0 Å². The van der Waals surface area contributed by atoms with E-state index in [4.69, 9.17) is 11.6 Å². The molecule has 4 rings (SSSR count). The van der Waals surface area contributed by atoms with Gasteiger partial charge in [0.2, 0.25) is 16.2 Å². The van der Waals surface area contributed by atoms with Gasteiger partial charge in [-0.3, -0.25) is 9.36 Å². The molecule has 0 unspecified atom stereocenters. The van der Waals surface area contributed by atoms with Crippen LogP contribution in [0.4, 0.5) is 5.13 Å². The monoisotopic (exact) mass is 401 g/mol. The molecule has 1 fully saturated rings. The maximum Gasteiger partial charge on any atom is 0.223 e. The predicted octanol–water partition coefficient (Wildman–Crippen LogP) is 3.52. The Hall–Kier alpha value is -2.38. The number of piperidine rings is 1. The van der Waals surface area contributed by atoms with E-state index in [0.29, 0.717) is 11.6 Å². The van der Waals surface area contributed by atoms with Crippen molar-refractivity contribution in [3.05, 3.63) is 59.4 Å². The minimum absolute atomic E-state index is 0.0283. The molecule has 1 aliphatic rings. The summed E-state index contributed by atoms with van der Waals surface area (Å²) < 4.78 is 1.95. The molecule has 0 aliphatic carbocycles. The third-order valence-electron chi connectivity index (χ3n) is 4.78. The molecule has 3 aromatic rings. The second-order valence-electron chi connectivity index (χ2n) is 6.53. The molecule has 0 saturated carbocycles. The van der Waals surface area contributed by atoms with Gasteiger partial charge in [0.15, 0.2) is 0 Å². The van der Waals surface area contributed by atoms with Gasteiger partial charge in [-0.2, -0.15) is 0 Å². The number of hydrogen-bond donors (Lipinski definition) is 1. The molecular weight excluding hydrogens is 382 g/mol. The van der Waals surface area contributed by atoms with E-state index in [0.717, 1.165) is 41.8 Å². The Bertz CT molecular complexity index is 902. The molecule has 1 aromatic carbocycles. The van der Waals surface area contributed by atoms with E-state index in [1.54, 1.807) is 11.3 Å². The first kappa shape index (κ1) is 18.0. The zero-order chi connectivity index (χ0) is 18.6. The number of carbonyl (C=O) groups is 1. The lowest BCUT2D eigenvalue weighted by atomic mass is 9.96. The molecule has 3 heterocycles. The summed E-state index contributed by atoms with van der Waals surface area (Å²) in [6.45, 7) is 2.09. The van der Waals surface area contributed by atoms with Gasteiger partial charge in [-0.1, -0.05) is 41.1 Å². The average molecular weight is 402 g/mol. The minimum atomic E-state index is 0.0283. The number of nitrogens with zero attached hydrogens (tertiary/aromatic N) is 4. The van der Waals surface area contributed by atoms with E-state index in [-0.39, 0.29) is 11.8 Å². The number of amides is 1. The fraction of sp³-hybridized carbons (Fsp3) is 0.316. The van der Waals surface area contributed by atoms with Crippen LogP contribution in [0.2, 0.25) is 5.02 Å². The van der Waals surface area contributed by atoms with Gasteiger partial charge in [-0.05, 0) is 36.6 Å². The summed E-state index contributed by atoms with van der Waals surface area (Å²) in [6.07, 6.45) is 5.54. The van der Waals surface area contributed by atoms with Gasteiger partial charge in [0, 0.05) is 43.0 Å². The standard InChI is InChI=1S/C19H20ClN5OS/c20-16-6-2-1-5-15(16)13-21-17(26)14-7-11-25(12-8-14)19-23-22-18(27-19)24-9-3-4-10-24/h1-6,9-10,14H,7-8,11-13H2,(H,21,26). The molecule has 140 valence electrons. The average Bonchev–Trinajstić information content (AvgIpc) is 3.39. The lowest BCUT2D eigenvalue weighted by molar-refractivity contribution is -0.125. The molecule has 0 spiro atoms. The number of anilines is 1. The maximum absolute atomic E-state index is 12.5. The second-order valence-corrected chi connectivity index (χ2v) is 7.87. The van der Waals surface area contributed by atoms with Crippen molar-refractivity contribution in [3.63, 3.8) is 0 Å². The molecule has 8 heteroatoms. The highest BCUT2D eigenvalue weighted by molar-refractivity contribution is 7.17. The summed E-state index contributed by atoms with van der Waals surface area (Å²) in [7, 11) is 0. The van der Waals surface area contributed by atoms with Crippen LogP contribution in [0.1, 0.15) is 18.4 Å². The summed E-state index contributed by atoms with van der Waals surface area (Å²) >= 11 is 7.72. The predicted molar refractivity (Wildman–Crippen MR) is 107 cm³/mol. The van der Waals surface area contributed by atoms with Gasteiger partial charge in [0.25, 0.3) is 0 Å². The third-order valence-corrected chi connectivity index (χ3v) is 6.14. The van der Waals surface area contributed by atoms with Crippen molar-refractivity contribution in [2.75, 3.05) is 18.0 Å². The summed E-state index contributed by atoms with van der Waals surface area (Å²) in [6, 6.07) is 11.5. The number of carbonyl (C=O) groups excluding carboxylic acids is 1. The van der Waals surface area contributed by atoms with Crippen molar-refractivity contribution >= 4 is 34.0 Å². The van der Waals surface area contributed by atoms with Crippen molar-refractivity contribution in [3.8, 4) is 5.13 Å². The molecule has 0 bridgehead atoms.